The summed E-state index contributed by atoms with van der Waals surface area (Å²) in [6, 6.07) is 1.95. The Balaban J connectivity index is 2.55. The van der Waals surface area contributed by atoms with Crippen molar-refractivity contribution in [1.82, 2.24) is 0 Å². The number of halogens is 1. The Morgan fingerprint density at radius 2 is 2.06 bits per heavy atom. The smallest absolute Gasteiger partial charge is 0.233 e. The minimum absolute atomic E-state index is 0.00453. The Morgan fingerprint density at radius 3 is 2.71 bits per heavy atom. The van der Waals surface area contributed by atoms with E-state index >= 15 is 0 Å². The number of nitrogens with one attached hydrogen (secondary N) is 1. The molecule has 0 fully saturated rings. The van der Waals surface area contributed by atoms with E-state index in [0.29, 0.717) is 6.61 Å². The molecule has 0 aliphatic carbocycles. The maximum absolute atomic E-state index is 12.0. The predicted octanol–water partition coefficient (Wildman–Crippen LogP) is 3.42. The van der Waals surface area contributed by atoms with Crippen LogP contribution in [0.3, 0.4) is 0 Å². The lowest BCUT2D eigenvalue weighted by atomic mass is 9.94. The van der Waals surface area contributed by atoms with Crippen molar-refractivity contribution in [3.8, 4) is 5.75 Å². The third-order valence-corrected chi connectivity index (χ3v) is 4.31. The molecule has 1 amide bonds. The highest BCUT2D eigenvalue weighted by Crippen LogP contribution is 2.39. The van der Waals surface area contributed by atoms with Crippen LogP contribution in [0.25, 0.3) is 0 Å². The minimum Gasteiger partial charge on any atom is -0.490 e. The summed E-state index contributed by atoms with van der Waals surface area (Å²) in [4.78, 5) is 12.0. The lowest BCUT2D eigenvalue weighted by Crippen LogP contribution is -2.33. The molecule has 1 heterocycles. The summed E-state index contributed by atoms with van der Waals surface area (Å²) in [5, 5.41) is 2.96. The van der Waals surface area contributed by atoms with E-state index in [1.807, 2.05) is 33.8 Å². The van der Waals surface area contributed by atoms with E-state index in [2.05, 4.69) is 21.2 Å². The monoisotopic (exact) mass is 297 g/mol. The molecule has 1 aromatic rings. The molecule has 0 unspecified atom stereocenters. The van der Waals surface area contributed by atoms with Gasteiger partial charge in [-0.1, -0.05) is 15.9 Å². The normalized spacial score (nSPS) is 17.8. The topological polar surface area (TPSA) is 38.3 Å². The van der Waals surface area contributed by atoms with E-state index in [4.69, 9.17) is 4.74 Å². The molecular formula is C13H16BrNO2. The lowest BCUT2D eigenvalue weighted by Gasteiger charge is -2.18. The van der Waals surface area contributed by atoms with Crippen LogP contribution in [0, 0.1) is 19.3 Å². The van der Waals surface area contributed by atoms with Crippen LogP contribution in [0.5, 0.6) is 5.75 Å². The number of anilines is 1. The summed E-state index contributed by atoms with van der Waals surface area (Å²) in [5.41, 5.74) is 2.38. The summed E-state index contributed by atoms with van der Waals surface area (Å²) in [6.45, 7) is 8.14. The summed E-state index contributed by atoms with van der Waals surface area (Å²) in [7, 11) is 0. The molecule has 92 valence electrons. The second-order valence-electron chi connectivity index (χ2n) is 5.13. The molecule has 0 aromatic heterocycles. The van der Waals surface area contributed by atoms with Crippen LogP contribution in [0.1, 0.15) is 25.0 Å². The van der Waals surface area contributed by atoms with Crippen molar-refractivity contribution < 1.29 is 9.53 Å². The molecule has 1 N–H and O–H groups in total. The van der Waals surface area contributed by atoms with Gasteiger partial charge in [0.25, 0.3) is 0 Å². The first-order chi connectivity index (χ1) is 7.83. The van der Waals surface area contributed by atoms with Crippen LogP contribution in [0.15, 0.2) is 10.5 Å². The Kier molecular flexibility index (Phi) is 2.94. The average Bonchev–Trinajstić information content (AvgIpc) is 2.37. The molecular weight excluding hydrogens is 282 g/mol. The summed E-state index contributed by atoms with van der Waals surface area (Å²) in [6.07, 6.45) is 0. The van der Waals surface area contributed by atoms with Gasteiger partial charge >= 0.3 is 0 Å². The number of carbonyl (C=O) groups excluding carboxylic acids is 1. The molecule has 0 radical (unpaired) electrons. The van der Waals surface area contributed by atoms with Gasteiger partial charge in [-0.3, -0.25) is 4.79 Å². The Morgan fingerprint density at radius 1 is 1.41 bits per heavy atom. The van der Waals surface area contributed by atoms with Gasteiger partial charge in [-0.2, -0.15) is 0 Å². The van der Waals surface area contributed by atoms with Crippen molar-refractivity contribution in [3.63, 3.8) is 0 Å². The highest BCUT2D eigenvalue weighted by atomic mass is 79.9. The summed E-state index contributed by atoms with van der Waals surface area (Å²) in [5.74, 6) is 0.747. The molecule has 0 spiro atoms. The molecule has 1 aromatic carbocycles. The fourth-order valence-electron chi connectivity index (χ4n) is 1.80. The van der Waals surface area contributed by atoms with Crippen molar-refractivity contribution in [2.24, 2.45) is 5.41 Å². The molecule has 2 rings (SSSR count). The number of amides is 1. The van der Waals surface area contributed by atoms with Crippen molar-refractivity contribution in [1.29, 1.82) is 0 Å². The Bertz CT molecular complexity index is 495. The minimum atomic E-state index is -0.508. The van der Waals surface area contributed by atoms with E-state index in [0.717, 1.165) is 27.0 Å². The highest BCUT2D eigenvalue weighted by Gasteiger charge is 2.33. The Hall–Kier alpha value is -1.03. The second kappa shape index (κ2) is 4.02. The van der Waals surface area contributed by atoms with Gasteiger partial charge < -0.3 is 10.1 Å². The molecule has 0 saturated heterocycles. The first kappa shape index (κ1) is 12.4. The maximum Gasteiger partial charge on any atom is 0.233 e. The van der Waals surface area contributed by atoms with Gasteiger partial charge in [-0.05, 0) is 44.9 Å². The van der Waals surface area contributed by atoms with E-state index in [1.54, 1.807) is 0 Å². The fourth-order valence-corrected chi connectivity index (χ4v) is 2.11. The SMILES string of the molecule is Cc1cc2c(c(C)c1Br)NC(=O)C(C)(C)CO2. The number of hydrogen-bond donors (Lipinski definition) is 1. The summed E-state index contributed by atoms with van der Waals surface area (Å²) >= 11 is 3.53. The molecule has 1 aliphatic rings. The van der Waals surface area contributed by atoms with Crippen LogP contribution < -0.4 is 10.1 Å². The zero-order valence-electron chi connectivity index (χ0n) is 10.5. The van der Waals surface area contributed by atoms with E-state index < -0.39 is 5.41 Å². The molecule has 3 nitrogen and oxygen atoms in total. The molecule has 4 heteroatoms. The van der Waals surface area contributed by atoms with E-state index in [9.17, 15) is 4.79 Å². The van der Waals surface area contributed by atoms with Crippen molar-refractivity contribution in [2.45, 2.75) is 27.7 Å². The van der Waals surface area contributed by atoms with Gasteiger partial charge in [0.2, 0.25) is 5.91 Å². The van der Waals surface area contributed by atoms with Crippen LogP contribution in [-0.2, 0) is 4.79 Å². The van der Waals surface area contributed by atoms with Gasteiger partial charge in [0.15, 0.2) is 0 Å². The number of ether oxygens (including phenoxy) is 1. The zero-order chi connectivity index (χ0) is 12.8. The molecule has 0 bridgehead atoms. The van der Waals surface area contributed by atoms with Gasteiger partial charge in [-0.15, -0.1) is 0 Å². The van der Waals surface area contributed by atoms with E-state index in [-0.39, 0.29) is 5.91 Å². The molecule has 1 aliphatic heterocycles. The summed E-state index contributed by atoms with van der Waals surface area (Å²) < 4.78 is 6.76. The van der Waals surface area contributed by atoms with Crippen LogP contribution in [0.4, 0.5) is 5.69 Å². The molecule has 0 saturated carbocycles. The van der Waals surface area contributed by atoms with Gasteiger partial charge in [0.1, 0.15) is 12.4 Å². The third kappa shape index (κ3) is 2.06. The lowest BCUT2D eigenvalue weighted by molar-refractivity contribution is -0.124. The maximum atomic E-state index is 12.0. The second-order valence-corrected chi connectivity index (χ2v) is 5.93. The number of rotatable bonds is 0. The Labute approximate surface area is 110 Å². The van der Waals surface area contributed by atoms with Crippen molar-refractivity contribution in [2.75, 3.05) is 11.9 Å². The number of carbonyl (C=O) groups is 1. The third-order valence-electron chi connectivity index (χ3n) is 3.09. The molecule has 17 heavy (non-hydrogen) atoms. The van der Waals surface area contributed by atoms with Gasteiger partial charge in [0.05, 0.1) is 11.1 Å². The van der Waals surface area contributed by atoms with Gasteiger partial charge in [0, 0.05) is 4.47 Å². The van der Waals surface area contributed by atoms with Crippen molar-refractivity contribution >= 4 is 27.5 Å². The first-order valence-electron chi connectivity index (χ1n) is 5.57. The fraction of sp³-hybridized carbons (Fsp3) is 0.462. The zero-order valence-corrected chi connectivity index (χ0v) is 12.1. The molecule has 0 atom stereocenters. The van der Waals surface area contributed by atoms with Crippen LogP contribution in [0.2, 0.25) is 0 Å². The average molecular weight is 298 g/mol. The number of fused-ring (bicyclic) bond motifs is 1. The quantitative estimate of drug-likeness (QED) is 0.797. The number of benzene rings is 1. The van der Waals surface area contributed by atoms with Gasteiger partial charge in [-0.25, -0.2) is 0 Å². The largest absolute Gasteiger partial charge is 0.490 e. The van der Waals surface area contributed by atoms with E-state index in [1.165, 1.54) is 0 Å². The van der Waals surface area contributed by atoms with Crippen LogP contribution >= 0.6 is 15.9 Å². The standard InChI is InChI=1S/C13H16BrNO2/c1-7-5-9-11(8(2)10(7)14)15-12(16)13(3,4)6-17-9/h5H,6H2,1-4H3,(H,15,16). The number of aryl methyl sites for hydroxylation is 1. The predicted molar refractivity (Wildman–Crippen MR) is 71.5 cm³/mol. The highest BCUT2D eigenvalue weighted by molar-refractivity contribution is 9.10. The first-order valence-corrected chi connectivity index (χ1v) is 6.36. The van der Waals surface area contributed by atoms with Crippen molar-refractivity contribution in [3.05, 3.63) is 21.7 Å². The number of hydrogen-bond acceptors (Lipinski definition) is 2. The van der Waals surface area contributed by atoms with Crippen LogP contribution in [-0.4, -0.2) is 12.5 Å².